The number of benzene rings is 1. The van der Waals surface area contributed by atoms with Crippen molar-refractivity contribution in [3.63, 3.8) is 0 Å². The minimum absolute atomic E-state index is 0.0875. The van der Waals surface area contributed by atoms with Gasteiger partial charge in [0.1, 0.15) is 0 Å². The molecule has 0 saturated carbocycles. The standard InChI is InChI=1S/C12H17NO/c1-8-5-4-6-11(10(8)3)7-9(2)12(13)14/h4-6,9H,7H2,1-3H3,(H2,13,14). The average Bonchev–Trinajstić information content (AvgIpc) is 2.12. The van der Waals surface area contributed by atoms with Crippen LogP contribution in [0.2, 0.25) is 0 Å². The summed E-state index contributed by atoms with van der Waals surface area (Å²) in [6.07, 6.45) is 0.739. The summed E-state index contributed by atoms with van der Waals surface area (Å²) in [4.78, 5) is 10.9. The molecule has 1 atom stereocenters. The molecule has 0 aliphatic heterocycles. The summed E-state index contributed by atoms with van der Waals surface area (Å²) in [5.74, 6) is -0.318. The highest BCUT2D eigenvalue weighted by molar-refractivity contribution is 5.76. The van der Waals surface area contributed by atoms with E-state index >= 15 is 0 Å². The van der Waals surface area contributed by atoms with Crippen LogP contribution in [0.15, 0.2) is 18.2 Å². The minimum Gasteiger partial charge on any atom is -0.369 e. The molecule has 0 aliphatic rings. The van der Waals surface area contributed by atoms with Crippen molar-refractivity contribution in [1.82, 2.24) is 0 Å². The summed E-state index contributed by atoms with van der Waals surface area (Å²) >= 11 is 0. The number of hydrogen-bond acceptors (Lipinski definition) is 1. The molecule has 1 rings (SSSR count). The first-order valence-corrected chi connectivity index (χ1v) is 4.86. The SMILES string of the molecule is Cc1cccc(CC(C)C(N)=O)c1C. The van der Waals surface area contributed by atoms with Gasteiger partial charge in [-0.1, -0.05) is 25.1 Å². The zero-order chi connectivity index (χ0) is 10.7. The fraction of sp³-hybridized carbons (Fsp3) is 0.417. The number of primary amides is 1. The van der Waals surface area contributed by atoms with Gasteiger partial charge in [-0.05, 0) is 37.0 Å². The van der Waals surface area contributed by atoms with E-state index in [1.807, 2.05) is 13.0 Å². The second kappa shape index (κ2) is 4.27. The van der Waals surface area contributed by atoms with Crippen LogP contribution in [0.4, 0.5) is 0 Å². The van der Waals surface area contributed by atoms with E-state index in [9.17, 15) is 4.79 Å². The van der Waals surface area contributed by atoms with Crippen LogP contribution >= 0.6 is 0 Å². The third-order valence-electron chi connectivity index (χ3n) is 2.73. The number of hydrogen-bond donors (Lipinski definition) is 1. The third kappa shape index (κ3) is 2.34. The first-order chi connectivity index (χ1) is 6.52. The van der Waals surface area contributed by atoms with Gasteiger partial charge in [-0.3, -0.25) is 4.79 Å². The van der Waals surface area contributed by atoms with E-state index in [0.29, 0.717) is 0 Å². The zero-order valence-corrected chi connectivity index (χ0v) is 9.00. The molecule has 2 N–H and O–H groups in total. The Hall–Kier alpha value is -1.31. The zero-order valence-electron chi connectivity index (χ0n) is 9.00. The van der Waals surface area contributed by atoms with Crippen LogP contribution in [0.5, 0.6) is 0 Å². The largest absolute Gasteiger partial charge is 0.369 e. The summed E-state index contributed by atoms with van der Waals surface area (Å²) in [6.45, 7) is 6.02. The molecule has 0 fully saturated rings. The number of amides is 1. The molecule has 0 saturated heterocycles. The van der Waals surface area contributed by atoms with Crippen molar-refractivity contribution in [3.05, 3.63) is 34.9 Å². The third-order valence-corrected chi connectivity index (χ3v) is 2.73. The Morgan fingerprint density at radius 2 is 2.07 bits per heavy atom. The predicted molar refractivity (Wildman–Crippen MR) is 58.0 cm³/mol. The van der Waals surface area contributed by atoms with E-state index in [2.05, 4.69) is 26.0 Å². The Kier molecular flexibility index (Phi) is 3.28. The highest BCUT2D eigenvalue weighted by atomic mass is 16.1. The second-order valence-electron chi connectivity index (χ2n) is 3.87. The van der Waals surface area contributed by atoms with Crippen LogP contribution < -0.4 is 5.73 Å². The molecule has 1 amide bonds. The van der Waals surface area contributed by atoms with Gasteiger partial charge in [-0.15, -0.1) is 0 Å². The lowest BCUT2D eigenvalue weighted by atomic mass is 9.95. The average molecular weight is 191 g/mol. The van der Waals surface area contributed by atoms with Crippen molar-refractivity contribution in [3.8, 4) is 0 Å². The lowest BCUT2D eigenvalue weighted by Crippen LogP contribution is -2.22. The molecule has 1 aromatic carbocycles. The molecule has 0 radical (unpaired) electrons. The fourth-order valence-electron chi connectivity index (χ4n) is 1.46. The van der Waals surface area contributed by atoms with Crippen LogP contribution in [0.1, 0.15) is 23.6 Å². The van der Waals surface area contributed by atoms with Crippen molar-refractivity contribution >= 4 is 5.91 Å². The van der Waals surface area contributed by atoms with Crippen LogP contribution in [-0.2, 0) is 11.2 Å². The van der Waals surface area contributed by atoms with Crippen LogP contribution in [0.25, 0.3) is 0 Å². The van der Waals surface area contributed by atoms with Gasteiger partial charge < -0.3 is 5.73 Å². The summed E-state index contributed by atoms with van der Waals surface area (Å²) in [6, 6.07) is 6.15. The van der Waals surface area contributed by atoms with Gasteiger partial charge >= 0.3 is 0 Å². The van der Waals surface area contributed by atoms with Gasteiger partial charge in [0.2, 0.25) is 5.91 Å². The lowest BCUT2D eigenvalue weighted by Gasteiger charge is -2.11. The molecule has 0 heterocycles. The van der Waals surface area contributed by atoms with E-state index in [1.165, 1.54) is 16.7 Å². The number of rotatable bonds is 3. The van der Waals surface area contributed by atoms with Crippen LogP contribution in [0.3, 0.4) is 0 Å². The number of carbonyl (C=O) groups excluding carboxylic acids is 1. The predicted octanol–water partition coefficient (Wildman–Crippen LogP) is 1.97. The van der Waals surface area contributed by atoms with E-state index in [0.717, 1.165) is 6.42 Å². The van der Waals surface area contributed by atoms with E-state index in [1.54, 1.807) is 0 Å². The Morgan fingerprint density at radius 1 is 1.43 bits per heavy atom. The smallest absolute Gasteiger partial charge is 0.220 e. The monoisotopic (exact) mass is 191 g/mol. The number of nitrogens with two attached hydrogens (primary N) is 1. The van der Waals surface area contributed by atoms with Gasteiger partial charge in [0, 0.05) is 5.92 Å². The molecular formula is C12H17NO. The summed E-state index contributed by atoms with van der Waals surface area (Å²) in [5, 5.41) is 0. The fourth-order valence-corrected chi connectivity index (χ4v) is 1.46. The Bertz CT molecular complexity index is 344. The minimum atomic E-state index is -0.231. The van der Waals surface area contributed by atoms with Gasteiger partial charge in [-0.25, -0.2) is 0 Å². The normalized spacial score (nSPS) is 12.5. The maximum Gasteiger partial charge on any atom is 0.220 e. The molecule has 76 valence electrons. The Balaban J connectivity index is 2.87. The molecule has 2 heteroatoms. The Labute approximate surface area is 85.1 Å². The maximum atomic E-state index is 10.9. The first kappa shape index (κ1) is 10.8. The quantitative estimate of drug-likeness (QED) is 0.779. The van der Waals surface area contributed by atoms with Crippen molar-refractivity contribution in [2.75, 3.05) is 0 Å². The van der Waals surface area contributed by atoms with E-state index < -0.39 is 0 Å². The van der Waals surface area contributed by atoms with E-state index in [-0.39, 0.29) is 11.8 Å². The molecule has 0 spiro atoms. The molecule has 0 bridgehead atoms. The Morgan fingerprint density at radius 3 is 2.64 bits per heavy atom. The number of aryl methyl sites for hydroxylation is 1. The van der Waals surface area contributed by atoms with Crippen LogP contribution in [0, 0.1) is 19.8 Å². The summed E-state index contributed by atoms with van der Waals surface area (Å²) < 4.78 is 0. The molecule has 14 heavy (non-hydrogen) atoms. The molecule has 2 nitrogen and oxygen atoms in total. The van der Waals surface area contributed by atoms with Crippen molar-refractivity contribution in [2.24, 2.45) is 11.7 Å². The van der Waals surface area contributed by atoms with Crippen molar-refractivity contribution in [1.29, 1.82) is 0 Å². The van der Waals surface area contributed by atoms with Gasteiger partial charge in [-0.2, -0.15) is 0 Å². The highest BCUT2D eigenvalue weighted by Crippen LogP contribution is 2.16. The molecule has 0 aliphatic carbocycles. The van der Waals surface area contributed by atoms with Gasteiger partial charge in [0.05, 0.1) is 0 Å². The van der Waals surface area contributed by atoms with Gasteiger partial charge in [0.15, 0.2) is 0 Å². The van der Waals surface area contributed by atoms with E-state index in [4.69, 9.17) is 5.73 Å². The second-order valence-corrected chi connectivity index (χ2v) is 3.87. The molecule has 0 aromatic heterocycles. The van der Waals surface area contributed by atoms with Crippen LogP contribution in [-0.4, -0.2) is 5.91 Å². The highest BCUT2D eigenvalue weighted by Gasteiger charge is 2.11. The molecule has 1 aromatic rings. The van der Waals surface area contributed by atoms with Crippen molar-refractivity contribution in [2.45, 2.75) is 27.2 Å². The first-order valence-electron chi connectivity index (χ1n) is 4.86. The number of carbonyl (C=O) groups is 1. The summed E-state index contributed by atoms with van der Waals surface area (Å²) in [7, 11) is 0. The van der Waals surface area contributed by atoms with Crippen molar-refractivity contribution < 1.29 is 4.79 Å². The molecule has 1 unspecified atom stereocenters. The maximum absolute atomic E-state index is 10.9. The molecular weight excluding hydrogens is 174 g/mol. The van der Waals surface area contributed by atoms with Gasteiger partial charge in [0.25, 0.3) is 0 Å². The lowest BCUT2D eigenvalue weighted by molar-refractivity contribution is -0.121. The topological polar surface area (TPSA) is 43.1 Å². The summed E-state index contributed by atoms with van der Waals surface area (Å²) in [5.41, 5.74) is 8.98.